The van der Waals surface area contributed by atoms with Gasteiger partial charge in [-0.05, 0) is 31.5 Å². The summed E-state index contributed by atoms with van der Waals surface area (Å²) in [5.74, 6) is -0.123. The largest absolute Gasteiger partial charge is 0.349 e. The van der Waals surface area contributed by atoms with Crippen LogP contribution in [0.5, 0.6) is 0 Å². The van der Waals surface area contributed by atoms with Gasteiger partial charge in [-0.15, -0.1) is 0 Å². The molecule has 0 saturated carbocycles. The lowest BCUT2D eigenvalue weighted by Crippen LogP contribution is -2.32. The summed E-state index contributed by atoms with van der Waals surface area (Å²) in [5, 5.41) is 3.60. The summed E-state index contributed by atoms with van der Waals surface area (Å²) in [6, 6.07) is 5.05. The van der Waals surface area contributed by atoms with Gasteiger partial charge >= 0.3 is 0 Å². The van der Waals surface area contributed by atoms with Gasteiger partial charge in [-0.2, -0.15) is 12.6 Å². The summed E-state index contributed by atoms with van der Waals surface area (Å²) in [6.45, 7) is 3.58. The zero-order valence-corrected chi connectivity index (χ0v) is 11.4. The van der Waals surface area contributed by atoms with Crippen LogP contribution < -0.4 is 5.32 Å². The van der Waals surface area contributed by atoms with Crippen molar-refractivity contribution in [2.24, 2.45) is 0 Å². The van der Waals surface area contributed by atoms with Crippen molar-refractivity contribution in [1.29, 1.82) is 0 Å². The first-order valence-corrected chi connectivity index (χ1v) is 6.12. The monoisotopic (exact) mass is 277 g/mol. The molecule has 5 heteroatoms. The Balaban J connectivity index is 2.80. The number of rotatable bonds is 3. The number of amides is 1. The zero-order chi connectivity index (χ0) is 12.3. The highest BCUT2D eigenvalue weighted by Gasteiger charge is 2.15. The molecule has 0 aliphatic heterocycles. The van der Waals surface area contributed by atoms with E-state index in [4.69, 9.17) is 23.2 Å². The molecule has 0 aliphatic rings. The third-order valence-electron chi connectivity index (χ3n) is 2.17. The number of benzene rings is 1. The van der Waals surface area contributed by atoms with Gasteiger partial charge < -0.3 is 5.32 Å². The van der Waals surface area contributed by atoms with Crippen molar-refractivity contribution in [3.05, 3.63) is 33.8 Å². The van der Waals surface area contributed by atoms with E-state index in [1.807, 2.05) is 6.92 Å². The van der Waals surface area contributed by atoms with E-state index in [9.17, 15) is 4.79 Å². The molecule has 1 aromatic carbocycles. The lowest BCUT2D eigenvalue weighted by Gasteiger charge is -2.17. The fourth-order valence-electron chi connectivity index (χ4n) is 1.26. The average molecular weight is 278 g/mol. The highest BCUT2D eigenvalue weighted by Crippen LogP contribution is 2.26. The first-order valence-electron chi connectivity index (χ1n) is 4.85. The van der Waals surface area contributed by atoms with Crippen molar-refractivity contribution in [3.8, 4) is 0 Å². The molecule has 0 spiro atoms. The molecule has 1 aromatic rings. The molecule has 1 amide bonds. The number of nitrogens with one attached hydrogen (secondary N) is 1. The minimum atomic E-state index is -0.339. The standard InChI is InChI=1S/C11H13Cl2NOS/c1-6(14-11(15)7(2)16)9-4-3-8(12)5-10(9)13/h3-7,16H,1-2H3,(H,14,15). The maximum absolute atomic E-state index is 11.4. The molecule has 0 aromatic heterocycles. The second kappa shape index (κ2) is 5.80. The van der Waals surface area contributed by atoms with Gasteiger partial charge in [0.25, 0.3) is 0 Å². The van der Waals surface area contributed by atoms with Crippen LogP contribution in [0.1, 0.15) is 25.5 Å². The first kappa shape index (κ1) is 13.7. The molecule has 0 aliphatic carbocycles. The highest BCUT2D eigenvalue weighted by molar-refractivity contribution is 7.81. The summed E-state index contributed by atoms with van der Waals surface area (Å²) < 4.78 is 0. The number of carbonyl (C=O) groups excluding carboxylic acids is 1. The molecule has 1 N–H and O–H groups in total. The Labute approximate surface area is 111 Å². The minimum Gasteiger partial charge on any atom is -0.349 e. The smallest absolute Gasteiger partial charge is 0.233 e. The number of carbonyl (C=O) groups is 1. The Morgan fingerprint density at radius 3 is 2.50 bits per heavy atom. The van der Waals surface area contributed by atoms with Gasteiger partial charge in [0.15, 0.2) is 0 Å². The lowest BCUT2D eigenvalue weighted by atomic mass is 10.1. The molecule has 0 bridgehead atoms. The van der Waals surface area contributed by atoms with Crippen molar-refractivity contribution in [3.63, 3.8) is 0 Å². The van der Waals surface area contributed by atoms with E-state index in [0.29, 0.717) is 10.0 Å². The number of hydrogen-bond acceptors (Lipinski definition) is 2. The highest BCUT2D eigenvalue weighted by atomic mass is 35.5. The van der Waals surface area contributed by atoms with Crippen LogP contribution in [0.25, 0.3) is 0 Å². The second-order valence-corrected chi connectivity index (χ2v) is 5.19. The minimum absolute atomic E-state index is 0.123. The van der Waals surface area contributed by atoms with Gasteiger partial charge in [-0.3, -0.25) is 4.79 Å². The summed E-state index contributed by atoms with van der Waals surface area (Å²) >= 11 is 15.9. The van der Waals surface area contributed by atoms with E-state index in [1.54, 1.807) is 25.1 Å². The van der Waals surface area contributed by atoms with Gasteiger partial charge in [-0.1, -0.05) is 29.3 Å². The van der Waals surface area contributed by atoms with E-state index in [0.717, 1.165) is 5.56 Å². The quantitative estimate of drug-likeness (QED) is 0.814. The molecular weight excluding hydrogens is 265 g/mol. The Kier molecular flexibility index (Phi) is 4.96. The molecule has 88 valence electrons. The van der Waals surface area contributed by atoms with Crippen LogP contribution in [0.3, 0.4) is 0 Å². The van der Waals surface area contributed by atoms with Crippen LogP contribution in [0.4, 0.5) is 0 Å². The molecule has 0 saturated heterocycles. The topological polar surface area (TPSA) is 29.1 Å². The summed E-state index contributed by atoms with van der Waals surface area (Å²) in [7, 11) is 0. The fourth-order valence-corrected chi connectivity index (χ4v) is 1.91. The molecule has 1 rings (SSSR count). The van der Waals surface area contributed by atoms with Crippen LogP contribution in [-0.2, 0) is 4.79 Å². The second-order valence-electron chi connectivity index (χ2n) is 3.57. The summed E-state index contributed by atoms with van der Waals surface area (Å²) in [4.78, 5) is 11.4. The molecule has 0 fully saturated rings. The van der Waals surface area contributed by atoms with E-state index in [1.165, 1.54) is 0 Å². The van der Waals surface area contributed by atoms with Crippen molar-refractivity contribution in [1.82, 2.24) is 5.32 Å². The lowest BCUT2D eigenvalue weighted by molar-refractivity contribution is -0.120. The van der Waals surface area contributed by atoms with Gasteiger partial charge in [-0.25, -0.2) is 0 Å². The zero-order valence-electron chi connectivity index (χ0n) is 9.00. The van der Waals surface area contributed by atoms with Crippen molar-refractivity contribution in [2.45, 2.75) is 25.1 Å². The molecule has 0 radical (unpaired) electrons. The normalized spacial score (nSPS) is 14.3. The molecule has 2 atom stereocenters. The Morgan fingerprint density at radius 2 is 2.00 bits per heavy atom. The first-order chi connectivity index (χ1) is 7.41. The van der Waals surface area contributed by atoms with Gasteiger partial charge in [0.2, 0.25) is 5.91 Å². The van der Waals surface area contributed by atoms with Crippen LogP contribution in [0.15, 0.2) is 18.2 Å². The van der Waals surface area contributed by atoms with Crippen LogP contribution in [-0.4, -0.2) is 11.2 Å². The summed E-state index contributed by atoms with van der Waals surface area (Å²) in [6.07, 6.45) is 0. The average Bonchev–Trinajstić information content (AvgIpc) is 2.16. The Bertz CT molecular complexity index is 396. The van der Waals surface area contributed by atoms with Gasteiger partial charge in [0, 0.05) is 10.0 Å². The molecule has 0 heterocycles. The van der Waals surface area contributed by atoms with Crippen molar-refractivity contribution in [2.75, 3.05) is 0 Å². The maximum atomic E-state index is 11.4. The molecule has 2 unspecified atom stereocenters. The SMILES string of the molecule is CC(S)C(=O)NC(C)c1ccc(Cl)cc1Cl. The third-order valence-corrected chi connectivity index (χ3v) is 2.96. The predicted molar refractivity (Wildman–Crippen MR) is 71.5 cm³/mol. The number of halogens is 2. The van der Waals surface area contributed by atoms with Crippen LogP contribution in [0.2, 0.25) is 10.0 Å². The van der Waals surface area contributed by atoms with E-state index in [2.05, 4.69) is 17.9 Å². The molecule has 16 heavy (non-hydrogen) atoms. The Morgan fingerprint density at radius 1 is 1.38 bits per heavy atom. The van der Waals surface area contributed by atoms with Crippen LogP contribution in [0, 0.1) is 0 Å². The van der Waals surface area contributed by atoms with Crippen molar-refractivity contribution >= 4 is 41.7 Å². The Hall–Kier alpha value is -0.380. The fraction of sp³-hybridized carbons (Fsp3) is 0.364. The molecule has 2 nitrogen and oxygen atoms in total. The van der Waals surface area contributed by atoms with Crippen LogP contribution >= 0.6 is 35.8 Å². The number of thiol groups is 1. The van der Waals surface area contributed by atoms with Gasteiger partial charge in [0.05, 0.1) is 11.3 Å². The maximum Gasteiger partial charge on any atom is 0.233 e. The van der Waals surface area contributed by atoms with Gasteiger partial charge in [0.1, 0.15) is 0 Å². The van der Waals surface area contributed by atoms with E-state index in [-0.39, 0.29) is 17.2 Å². The summed E-state index contributed by atoms with van der Waals surface area (Å²) in [5.41, 5.74) is 0.841. The van der Waals surface area contributed by atoms with E-state index < -0.39 is 0 Å². The third kappa shape index (κ3) is 3.58. The van der Waals surface area contributed by atoms with Crippen molar-refractivity contribution < 1.29 is 4.79 Å². The van der Waals surface area contributed by atoms with E-state index >= 15 is 0 Å². The molecular formula is C11H13Cl2NOS. The number of hydrogen-bond donors (Lipinski definition) is 2. The predicted octanol–water partition coefficient (Wildman–Crippen LogP) is 3.49.